The molecule has 0 unspecified atom stereocenters. The van der Waals surface area contributed by atoms with Crippen LogP contribution in [0.15, 0.2) is 41.1 Å². The van der Waals surface area contributed by atoms with E-state index in [-0.39, 0.29) is 24.8 Å². The summed E-state index contributed by atoms with van der Waals surface area (Å²) in [5.74, 6) is 0.288. The molecule has 0 radical (unpaired) electrons. The lowest BCUT2D eigenvalue weighted by molar-refractivity contribution is 0.101. The summed E-state index contributed by atoms with van der Waals surface area (Å²) in [6.07, 6.45) is 1.33. The molecule has 94 valence electrons. The average Bonchev–Trinajstić information content (AvgIpc) is 2.92. The first-order chi connectivity index (χ1) is 8.79. The zero-order valence-corrected chi connectivity index (χ0v) is 9.50. The fourth-order valence-electron chi connectivity index (χ4n) is 1.32. The van der Waals surface area contributed by atoms with Crippen LogP contribution in [0.1, 0.15) is 10.5 Å². The Labute approximate surface area is 103 Å². The standard InChI is InChI=1S/C12H12N2O4/c15-6-8-17-10-3-1-9(2-4-10)13-12(16)11-5-7-18-14-11/h1-5,7,15H,6,8H2,(H,13,16). The predicted octanol–water partition coefficient (Wildman–Crippen LogP) is 1.30. The highest BCUT2D eigenvalue weighted by Gasteiger charge is 2.08. The lowest BCUT2D eigenvalue weighted by Crippen LogP contribution is -2.12. The first kappa shape index (κ1) is 12.1. The fourth-order valence-corrected chi connectivity index (χ4v) is 1.32. The van der Waals surface area contributed by atoms with Gasteiger partial charge in [-0.3, -0.25) is 4.79 Å². The molecule has 18 heavy (non-hydrogen) atoms. The molecule has 0 aliphatic heterocycles. The molecule has 2 N–H and O–H groups in total. The molecule has 2 rings (SSSR count). The van der Waals surface area contributed by atoms with E-state index in [0.29, 0.717) is 11.4 Å². The first-order valence-electron chi connectivity index (χ1n) is 5.35. The van der Waals surface area contributed by atoms with Gasteiger partial charge in [0.25, 0.3) is 5.91 Å². The normalized spacial score (nSPS) is 10.1. The number of carbonyl (C=O) groups excluding carboxylic acids is 1. The molecule has 0 aliphatic carbocycles. The van der Waals surface area contributed by atoms with Gasteiger partial charge in [-0.15, -0.1) is 0 Å². The van der Waals surface area contributed by atoms with Crippen molar-refractivity contribution in [2.24, 2.45) is 0 Å². The van der Waals surface area contributed by atoms with Crippen molar-refractivity contribution in [2.75, 3.05) is 18.5 Å². The smallest absolute Gasteiger partial charge is 0.277 e. The molecule has 1 heterocycles. The number of amides is 1. The molecule has 0 bridgehead atoms. The van der Waals surface area contributed by atoms with Gasteiger partial charge in [0.15, 0.2) is 5.69 Å². The Kier molecular flexibility index (Phi) is 3.93. The molecule has 0 spiro atoms. The van der Waals surface area contributed by atoms with Gasteiger partial charge in [0.05, 0.1) is 6.61 Å². The van der Waals surface area contributed by atoms with Crippen LogP contribution in [-0.2, 0) is 0 Å². The molecule has 6 heteroatoms. The summed E-state index contributed by atoms with van der Waals surface area (Å²) >= 11 is 0. The number of benzene rings is 1. The maximum Gasteiger partial charge on any atom is 0.277 e. The molecular formula is C12H12N2O4. The molecule has 1 amide bonds. The number of hydrogen-bond acceptors (Lipinski definition) is 5. The minimum absolute atomic E-state index is 0.0371. The molecule has 0 fully saturated rings. The predicted molar refractivity (Wildman–Crippen MR) is 63.5 cm³/mol. The lowest BCUT2D eigenvalue weighted by atomic mass is 10.3. The Balaban J connectivity index is 1.96. The number of aliphatic hydroxyl groups is 1. The quantitative estimate of drug-likeness (QED) is 0.833. The van der Waals surface area contributed by atoms with Crippen LogP contribution in [0, 0.1) is 0 Å². The number of ether oxygens (including phenoxy) is 1. The Bertz CT molecular complexity index is 493. The maximum absolute atomic E-state index is 11.6. The van der Waals surface area contributed by atoms with Gasteiger partial charge in [0.1, 0.15) is 18.6 Å². The number of carbonyl (C=O) groups is 1. The zero-order valence-electron chi connectivity index (χ0n) is 9.50. The van der Waals surface area contributed by atoms with Crippen LogP contribution in [0.2, 0.25) is 0 Å². The number of aromatic nitrogens is 1. The van der Waals surface area contributed by atoms with Crippen LogP contribution in [0.5, 0.6) is 5.75 Å². The van der Waals surface area contributed by atoms with E-state index in [9.17, 15) is 4.79 Å². The van der Waals surface area contributed by atoms with Crippen molar-refractivity contribution in [1.82, 2.24) is 5.16 Å². The zero-order chi connectivity index (χ0) is 12.8. The Hall–Kier alpha value is -2.34. The van der Waals surface area contributed by atoms with Crippen LogP contribution < -0.4 is 10.1 Å². The van der Waals surface area contributed by atoms with E-state index in [1.54, 1.807) is 24.3 Å². The van der Waals surface area contributed by atoms with Crippen LogP contribution in [-0.4, -0.2) is 29.4 Å². The van der Waals surface area contributed by atoms with Gasteiger partial charge in [0, 0.05) is 11.8 Å². The van der Waals surface area contributed by atoms with Crippen molar-refractivity contribution in [3.05, 3.63) is 42.3 Å². The van der Waals surface area contributed by atoms with Gasteiger partial charge < -0.3 is 19.7 Å². The second-order valence-electron chi connectivity index (χ2n) is 3.44. The Morgan fingerprint density at radius 3 is 2.72 bits per heavy atom. The highest BCUT2D eigenvalue weighted by Crippen LogP contribution is 2.16. The van der Waals surface area contributed by atoms with E-state index in [1.165, 1.54) is 12.3 Å². The van der Waals surface area contributed by atoms with Crippen molar-refractivity contribution in [1.29, 1.82) is 0 Å². The summed E-state index contributed by atoms with van der Waals surface area (Å²) in [7, 11) is 0. The summed E-state index contributed by atoms with van der Waals surface area (Å²) in [6.45, 7) is 0.204. The topological polar surface area (TPSA) is 84.6 Å². The van der Waals surface area contributed by atoms with E-state index < -0.39 is 0 Å². The maximum atomic E-state index is 11.6. The summed E-state index contributed by atoms with van der Waals surface area (Å²) in [6, 6.07) is 8.28. The number of aliphatic hydroxyl groups excluding tert-OH is 1. The van der Waals surface area contributed by atoms with E-state index in [1.807, 2.05) is 0 Å². The van der Waals surface area contributed by atoms with Crippen molar-refractivity contribution in [3.8, 4) is 5.75 Å². The van der Waals surface area contributed by atoms with Crippen LogP contribution in [0.3, 0.4) is 0 Å². The third kappa shape index (κ3) is 3.08. The third-order valence-corrected chi connectivity index (χ3v) is 2.14. The van der Waals surface area contributed by atoms with E-state index in [0.717, 1.165) is 0 Å². The second kappa shape index (κ2) is 5.83. The highest BCUT2D eigenvalue weighted by atomic mass is 16.5. The highest BCUT2D eigenvalue weighted by molar-refractivity contribution is 6.02. The summed E-state index contributed by atoms with van der Waals surface area (Å²) in [5, 5.41) is 14.8. The summed E-state index contributed by atoms with van der Waals surface area (Å²) in [4.78, 5) is 11.6. The van der Waals surface area contributed by atoms with E-state index in [4.69, 9.17) is 9.84 Å². The minimum atomic E-state index is -0.340. The van der Waals surface area contributed by atoms with Crippen molar-refractivity contribution >= 4 is 11.6 Å². The number of anilines is 1. The fraction of sp³-hybridized carbons (Fsp3) is 0.167. The third-order valence-electron chi connectivity index (χ3n) is 2.14. The molecule has 1 aromatic carbocycles. The van der Waals surface area contributed by atoms with Gasteiger partial charge in [-0.2, -0.15) is 0 Å². The Morgan fingerprint density at radius 2 is 2.11 bits per heavy atom. The van der Waals surface area contributed by atoms with Gasteiger partial charge in [-0.05, 0) is 24.3 Å². The van der Waals surface area contributed by atoms with Crippen molar-refractivity contribution in [3.63, 3.8) is 0 Å². The molecule has 1 aromatic heterocycles. The molecule has 0 saturated carbocycles. The Morgan fingerprint density at radius 1 is 1.33 bits per heavy atom. The van der Waals surface area contributed by atoms with Crippen molar-refractivity contribution < 1.29 is 19.2 Å². The van der Waals surface area contributed by atoms with E-state index in [2.05, 4.69) is 15.0 Å². The number of rotatable bonds is 5. The second-order valence-corrected chi connectivity index (χ2v) is 3.44. The molecule has 6 nitrogen and oxygen atoms in total. The van der Waals surface area contributed by atoms with Gasteiger partial charge in [-0.25, -0.2) is 0 Å². The SMILES string of the molecule is O=C(Nc1ccc(OCCO)cc1)c1ccon1. The van der Waals surface area contributed by atoms with Gasteiger partial charge >= 0.3 is 0 Å². The lowest BCUT2D eigenvalue weighted by Gasteiger charge is -2.06. The number of nitrogens with one attached hydrogen (secondary N) is 1. The molecular weight excluding hydrogens is 236 g/mol. The van der Waals surface area contributed by atoms with Crippen LogP contribution in [0.4, 0.5) is 5.69 Å². The van der Waals surface area contributed by atoms with E-state index >= 15 is 0 Å². The van der Waals surface area contributed by atoms with Crippen molar-refractivity contribution in [2.45, 2.75) is 0 Å². The van der Waals surface area contributed by atoms with Gasteiger partial charge in [0.2, 0.25) is 0 Å². The van der Waals surface area contributed by atoms with Crippen LogP contribution >= 0.6 is 0 Å². The summed E-state index contributed by atoms with van der Waals surface area (Å²) < 4.78 is 9.78. The monoisotopic (exact) mass is 248 g/mol. The molecule has 0 saturated heterocycles. The molecule has 2 aromatic rings. The van der Waals surface area contributed by atoms with Gasteiger partial charge in [-0.1, -0.05) is 5.16 Å². The number of hydrogen-bond donors (Lipinski definition) is 2. The molecule has 0 atom stereocenters. The number of nitrogens with zero attached hydrogens (tertiary/aromatic N) is 1. The first-order valence-corrected chi connectivity index (χ1v) is 5.35. The summed E-state index contributed by atoms with van der Waals surface area (Å²) in [5.41, 5.74) is 0.843. The minimum Gasteiger partial charge on any atom is -0.491 e. The average molecular weight is 248 g/mol. The molecule has 0 aliphatic rings. The van der Waals surface area contributed by atoms with Crippen LogP contribution in [0.25, 0.3) is 0 Å². The largest absolute Gasteiger partial charge is 0.491 e.